The molecule has 0 spiro atoms. The number of hydrogen-bond acceptors (Lipinski definition) is 3. The maximum atomic E-state index is 13.9. The summed E-state index contributed by atoms with van der Waals surface area (Å²) >= 11 is 0. The molecule has 122 valence electrons. The Labute approximate surface area is 134 Å². The zero-order valence-corrected chi connectivity index (χ0v) is 13.2. The number of carbonyl (C=O) groups is 1. The number of rotatable bonds is 3. The van der Waals surface area contributed by atoms with Gasteiger partial charge in [-0.15, -0.1) is 0 Å². The lowest BCUT2D eigenvalue weighted by Gasteiger charge is -2.31. The predicted molar refractivity (Wildman–Crippen MR) is 85.9 cm³/mol. The molecule has 1 aromatic carbocycles. The lowest BCUT2D eigenvalue weighted by molar-refractivity contribution is 0.0692. The van der Waals surface area contributed by atoms with Crippen molar-refractivity contribution in [1.82, 2.24) is 14.7 Å². The summed E-state index contributed by atoms with van der Waals surface area (Å²) in [5, 5.41) is 4.20. The molecule has 2 heterocycles. The Morgan fingerprint density at radius 2 is 2.04 bits per heavy atom. The number of amides is 1. The quantitative estimate of drug-likeness (QED) is 0.943. The van der Waals surface area contributed by atoms with Crippen LogP contribution in [0.25, 0.3) is 5.69 Å². The van der Waals surface area contributed by atoms with Gasteiger partial charge >= 0.3 is 0 Å². The molecule has 23 heavy (non-hydrogen) atoms. The Bertz CT molecular complexity index is 704. The summed E-state index contributed by atoms with van der Waals surface area (Å²) in [6.45, 7) is 3.89. The predicted octanol–water partition coefficient (Wildman–Crippen LogP) is 2.13. The van der Waals surface area contributed by atoms with E-state index in [1.165, 1.54) is 16.9 Å². The van der Waals surface area contributed by atoms with Crippen molar-refractivity contribution in [3.63, 3.8) is 0 Å². The van der Waals surface area contributed by atoms with Gasteiger partial charge in [-0.2, -0.15) is 5.10 Å². The fourth-order valence-corrected chi connectivity index (χ4v) is 3.03. The molecule has 0 unspecified atom stereocenters. The summed E-state index contributed by atoms with van der Waals surface area (Å²) in [6.07, 6.45) is 3.39. The molecule has 6 heteroatoms. The second-order valence-corrected chi connectivity index (χ2v) is 5.98. The molecule has 3 rings (SSSR count). The van der Waals surface area contributed by atoms with Gasteiger partial charge in [0, 0.05) is 13.1 Å². The number of para-hydroxylation sites is 1. The molecule has 1 aromatic heterocycles. The summed E-state index contributed by atoms with van der Waals surface area (Å²) in [5.41, 5.74) is 7.22. The molecule has 2 N–H and O–H groups in total. The zero-order chi connectivity index (χ0) is 16.4. The van der Waals surface area contributed by atoms with Crippen LogP contribution in [0, 0.1) is 18.7 Å². The number of likely N-dealkylation sites (tertiary alicyclic amines) is 1. The van der Waals surface area contributed by atoms with E-state index in [0.29, 0.717) is 42.5 Å². The number of hydrogen-bond donors (Lipinski definition) is 1. The third-order valence-electron chi connectivity index (χ3n) is 4.56. The van der Waals surface area contributed by atoms with Crippen LogP contribution in [0.1, 0.15) is 28.9 Å². The van der Waals surface area contributed by atoms with Crippen LogP contribution >= 0.6 is 0 Å². The van der Waals surface area contributed by atoms with Crippen LogP contribution in [0.2, 0.25) is 0 Å². The molecule has 1 aliphatic rings. The van der Waals surface area contributed by atoms with Gasteiger partial charge in [0.2, 0.25) is 0 Å². The normalized spacial score (nSPS) is 15.9. The van der Waals surface area contributed by atoms with E-state index in [1.807, 2.05) is 4.90 Å². The molecule has 0 atom stereocenters. The lowest BCUT2D eigenvalue weighted by atomic mass is 9.96. The summed E-state index contributed by atoms with van der Waals surface area (Å²) in [4.78, 5) is 14.5. The van der Waals surface area contributed by atoms with E-state index >= 15 is 0 Å². The van der Waals surface area contributed by atoms with Crippen molar-refractivity contribution in [3.8, 4) is 5.69 Å². The first-order valence-corrected chi connectivity index (χ1v) is 7.90. The Hall–Kier alpha value is -2.21. The summed E-state index contributed by atoms with van der Waals surface area (Å²) in [6, 6.07) is 6.41. The van der Waals surface area contributed by atoms with E-state index in [4.69, 9.17) is 5.73 Å². The highest BCUT2D eigenvalue weighted by molar-refractivity contribution is 5.95. The molecule has 0 radical (unpaired) electrons. The lowest BCUT2D eigenvalue weighted by Crippen LogP contribution is -2.40. The number of benzene rings is 1. The summed E-state index contributed by atoms with van der Waals surface area (Å²) in [5.74, 6) is 0.100. The molecule has 2 aromatic rings. The van der Waals surface area contributed by atoms with E-state index in [9.17, 15) is 9.18 Å². The highest BCUT2D eigenvalue weighted by atomic mass is 19.1. The molecule has 1 aliphatic heterocycles. The van der Waals surface area contributed by atoms with Gasteiger partial charge in [0.05, 0.1) is 17.5 Å². The number of aromatic nitrogens is 2. The number of nitrogens with zero attached hydrogens (tertiary/aromatic N) is 3. The number of halogens is 1. The van der Waals surface area contributed by atoms with Crippen molar-refractivity contribution >= 4 is 5.91 Å². The minimum Gasteiger partial charge on any atom is -0.339 e. The average molecular weight is 316 g/mol. The van der Waals surface area contributed by atoms with E-state index in [0.717, 1.165) is 12.8 Å². The van der Waals surface area contributed by atoms with Crippen molar-refractivity contribution in [1.29, 1.82) is 0 Å². The Kier molecular flexibility index (Phi) is 4.43. The molecule has 0 bridgehead atoms. The van der Waals surface area contributed by atoms with Crippen molar-refractivity contribution in [3.05, 3.63) is 47.5 Å². The van der Waals surface area contributed by atoms with Crippen LogP contribution in [-0.4, -0.2) is 40.2 Å². The number of carbonyl (C=O) groups excluding carboxylic acids is 1. The monoisotopic (exact) mass is 316 g/mol. The number of piperidine rings is 1. The zero-order valence-electron chi connectivity index (χ0n) is 13.2. The minimum atomic E-state index is -0.360. The van der Waals surface area contributed by atoms with Crippen LogP contribution in [-0.2, 0) is 0 Å². The summed E-state index contributed by atoms with van der Waals surface area (Å²) in [7, 11) is 0. The van der Waals surface area contributed by atoms with Gasteiger partial charge in [-0.05, 0) is 44.4 Å². The van der Waals surface area contributed by atoms with Crippen molar-refractivity contribution < 1.29 is 9.18 Å². The van der Waals surface area contributed by atoms with Crippen LogP contribution in [0.5, 0.6) is 0 Å². The third kappa shape index (κ3) is 2.99. The van der Waals surface area contributed by atoms with Gasteiger partial charge in [-0.25, -0.2) is 9.07 Å². The van der Waals surface area contributed by atoms with E-state index in [-0.39, 0.29) is 11.7 Å². The third-order valence-corrected chi connectivity index (χ3v) is 4.56. The maximum absolute atomic E-state index is 13.9. The van der Waals surface area contributed by atoms with Crippen LogP contribution in [0.3, 0.4) is 0 Å². The summed E-state index contributed by atoms with van der Waals surface area (Å²) < 4.78 is 15.4. The fraction of sp³-hybridized carbons (Fsp3) is 0.412. The van der Waals surface area contributed by atoms with Gasteiger partial charge in [0.25, 0.3) is 5.91 Å². The van der Waals surface area contributed by atoms with Crippen LogP contribution in [0.15, 0.2) is 30.5 Å². The second-order valence-electron chi connectivity index (χ2n) is 5.98. The first-order chi connectivity index (χ1) is 11.1. The van der Waals surface area contributed by atoms with Gasteiger partial charge in [-0.3, -0.25) is 4.79 Å². The standard InChI is InChI=1S/C17H21FN4O/c1-12-14(17(23)21-8-6-13(10-19)7-9-21)11-20-22(12)16-5-3-2-4-15(16)18/h2-5,11,13H,6-10,19H2,1H3. The maximum Gasteiger partial charge on any atom is 0.257 e. The molecule has 1 saturated heterocycles. The topological polar surface area (TPSA) is 64.2 Å². The molecule has 1 fully saturated rings. The van der Waals surface area contributed by atoms with Crippen molar-refractivity contribution in [2.24, 2.45) is 11.7 Å². The molecule has 1 amide bonds. The highest BCUT2D eigenvalue weighted by Crippen LogP contribution is 2.21. The van der Waals surface area contributed by atoms with Crippen molar-refractivity contribution in [2.45, 2.75) is 19.8 Å². The average Bonchev–Trinajstić information content (AvgIpc) is 2.96. The van der Waals surface area contributed by atoms with Crippen LogP contribution < -0.4 is 5.73 Å². The second kappa shape index (κ2) is 6.50. The van der Waals surface area contributed by atoms with Crippen molar-refractivity contribution in [2.75, 3.05) is 19.6 Å². The number of nitrogens with two attached hydrogens (primary N) is 1. The van der Waals surface area contributed by atoms with Crippen LogP contribution in [0.4, 0.5) is 4.39 Å². The molecule has 5 nitrogen and oxygen atoms in total. The fourth-order valence-electron chi connectivity index (χ4n) is 3.03. The SMILES string of the molecule is Cc1c(C(=O)N2CCC(CN)CC2)cnn1-c1ccccc1F. The van der Waals surface area contributed by atoms with Gasteiger partial charge in [-0.1, -0.05) is 12.1 Å². The van der Waals surface area contributed by atoms with Gasteiger partial charge in [0.15, 0.2) is 0 Å². The smallest absolute Gasteiger partial charge is 0.257 e. The first-order valence-electron chi connectivity index (χ1n) is 7.90. The first kappa shape index (κ1) is 15.7. The molecule has 0 saturated carbocycles. The van der Waals surface area contributed by atoms with E-state index in [1.54, 1.807) is 25.1 Å². The van der Waals surface area contributed by atoms with Gasteiger partial charge < -0.3 is 10.6 Å². The molecular weight excluding hydrogens is 295 g/mol. The molecule has 0 aliphatic carbocycles. The van der Waals surface area contributed by atoms with E-state index < -0.39 is 0 Å². The molecular formula is C17H21FN4O. The largest absolute Gasteiger partial charge is 0.339 e. The van der Waals surface area contributed by atoms with E-state index in [2.05, 4.69) is 5.10 Å². The highest BCUT2D eigenvalue weighted by Gasteiger charge is 2.25. The Balaban J connectivity index is 1.82. The Morgan fingerprint density at radius 1 is 1.35 bits per heavy atom. The van der Waals surface area contributed by atoms with Gasteiger partial charge in [0.1, 0.15) is 11.5 Å². The Morgan fingerprint density at radius 3 is 2.70 bits per heavy atom. The minimum absolute atomic E-state index is 0.0411.